The van der Waals surface area contributed by atoms with E-state index < -0.39 is 0 Å². The number of rotatable bonds is 5. The van der Waals surface area contributed by atoms with Crippen molar-refractivity contribution in [2.75, 3.05) is 5.32 Å². The normalized spacial score (nSPS) is 12.1. The monoisotopic (exact) mass is 389 g/mol. The average molecular weight is 389 g/mol. The first-order valence-electron chi connectivity index (χ1n) is 8.96. The number of aryl methyl sites for hydroxylation is 1. The molecule has 1 N–H and O–H groups in total. The predicted molar refractivity (Wildman–Crippen MR) is 112 cm³/mol. The first kappa shape index (κ1) is 18.3. The van der Waals surface area contributed by atoms with Gasteiger partial charge in [-0.1, -0.05) is 60.3 Å². The summed E-state index contributed by atoms with van der Waals surface area (Å²) in [6.45, 7) is 3.81. The van der Waals surface area contributed by atoms with Gasteiger partial charge in [0, 0.05) is 11.3 Å². The van der Waals surface area contributed by atoms with Crippen LogP contribution in [0.2, 0.25) is 0 Å². The highest BCUT2D eigenvalue weighted by Crippen LogP contribution is 2.28. The van der Waals surface area contributed by atoms with Crippen molar-refractivity contribution in [2.24, 2.45) is 0 Å². The lowest BCUT2D eigenvalue weighted by molar-refractivity contribution is -0.115. The Morgan fingerprint density at radius 2 is 1.75 bits per heavy atom. The minimum Gasteiger partial charge on any atom is -0.411 e. The third-order valence-electron chi connectivity index (χ3n) is 4.45. The molecule has 0 spiro atoms. The smallest absolute Gasteiger partial charge is 0.277 e. The number of amides is 1. The molecule has 0 fully saturated rings. The van der Waals surface area contributed by atoms with Gasteiger partial charge in [0.25, 0.3) is 5.22 Å². The largest absolute Gasteiger partial charge is 0.411 e. The van der Waals surface area contributed by atoms with E-state index in [4.69, 9.17) is 4.42 Å². The third-order valence-corrected chi connectivity index (χ3v) is 5.38. The van der Waals surface area contributed by atoms with Crippen molar-refractivity contribution in [3.63, 3.8) is 0 Å². The molecule has 6 heteroatoms. The molecule has 1 aromatic heterocycles. The molecular formula is C22H19N3O2S. The van der Waals surface area contributed by atoms with Gasteiger partial charge in [-0.2, -0.15) is 0 Å². The van der Waals surface area contributed by atoms with Crippen LogP contribution in [0.4, 0.5) is 5.69 Å². The zero-order chi connectivity index (χ0) is 19.5. The van der Waals surface area contributed by atoms with Crippen LogP contribution in [0.1, 0.15) is 12.5 Å². The summed E-state index contributed by atoms with van der Waals surface area (Å²) in [7, 11) is 0. The highest BCUT2D eigenvalue weighted by atomic mass is 32.2. The minimum atomic E-state index is -0.378. The first-order chi connectivity index (χ1) is 13.6. The molecule has 0 aliphatic heterocycles. The average Bonchev–Trinajstić information content (AvgIpc) is 3.16. The number of carbonyl (C=O) groups is 1. The molecule has 28 heavy (non-hydrogen) atoms. The molecule has 1 unspecified atom stereocenters. The van der Waals surface area contributed by atoms with Crippen LogP contribution in [-0.4, -0.2) is 21.4 Å². The fourth-order valence-electron chi connectivity index (χ4n) is 2.89. The first-order valence-corrected chi connectivity index (χ1v) is 9.84. The number of aromatic nitrogens is 2. The number of hydrogen-bond acceptors (Lipinski definition) is 5. The molecular weight excluding hydrogens is 370 g/mol. The lowest BCUT2D eigenvalue weighted by atomic mass is 10.1. The Bertz CT molecular complexity index is 1140. The number of fused-ring (bicyclic) bond motifs is 1. The van der Waals surface area contributed by atoms with Gasteiger partial charge in [0.2, 0.25) is 11.8 Å². The van der Waals surface area contributed by atoms with Crippen LogP contribution < -0.4 is 5.32 Å². The van der Waals surface area contributed by atoms with Crippen molar-refractivity contribution in [1.82, 2.24) is 10.2 Å². The number of nitrogens with one attached hydrogen (secondary N) is 1. The van der Waals surface area contributed by atoms with Crippen molar-refractivity contribution in [2.45, 2.75) is 24.3 Å². The van der Waals surface area contributed by atoms with Crippen LogP contribution in [0.25, 0.3) is 22.2 Å². The Hall–Kier alpha value is -3.12. The Kier molecular flexibility index (Phi) is 5.12. The molecule has 1 atom stereocenters. The van der Waals surface area contributed by atoms with E-state index in [-0.39, 0.29) is 11.2 Å². The van der Waals surface area contributed by atoms with Crippen molar-refractivity contribution in [3.8, 4) is 11.5 Å². The van der Waals surface area contributed by atoms with E-state index in [1.54, 1.807) is 0 Å². The number of anilines is 1. The van der Waals surface area contributed by atoms with Gasteiger partial charge in [-0.3, -0.25) is 4.79 Å². The number of carbonyl (C=O) groups excluding carboxylic acids is 1. The van der Waals surface area contributed by atoms with E-state index in [1.165, 1.54) is 11.8 Å². The molecule has 0 bridgehead atoms. The van der Waals surface area contributed by atoms with Gasteiger partial charge in [-0.05, 0) is 48.4 Å². The van der Waals surface area contributed by atoms with E-state index in [2.05, 4.69) is 15.5 Å². The van der Waals surface area contributed by atoms with Gasteiger partial charge in [0.05, 0.1) is 5.25 Å². The summed E-state index contributed by atoms with van der Waals surface area (Å²) >= 11 is 1.24. The summed E-state index contributed by atoms with van der Waals surface area (Å²) in [4.78, 5) is 12.6. The maximum Gasteiger partial charge on any atom is 0.277 e. The van der Waals surface area contributed by atoms with Crippen molar-refractivity contribution >= 4 is 34.1 Å². The molecule has 0 aliphatic rings. The van der Waals surface area contributed by atoms with Gasteiger partial charge in [0.1, 0.15) is 0 Å². The van der Waals surface area contributed by atoms with Crippen LogP contribution in [0, 0.1) is 6.92 Å². The second-order valence-corrected chi connectivity index (χ2v) is 7.79. The van der Waals surface area contributed by atoms with Crippen LogP contribution in [-0.2, 0) is 4.79 Å². The SMILES string of the molecule is Cc1ccccc1-c1nnc(SC(C)C(=O)Nc2ccc3ccccc3c2)o1. The van der Waals surface area contributed by atoms with Gasteiger partial charge in [-0.15, -0.1) is 10.2 Å². The Labute approximate surface area is 167 Å². The summed E-state index contributed by atoms with van der Waals surface area (Å²) < 4.78 is 5.74. The van der Waals surface area contributed by atoms with Gasteiger partial charge < -0.3 is 9.73 Å². The summed E-state index contributed by atoms with van der Waals surface area (Å²) in [6.07, 6.45) is 0. The van der Waals surface area contributed by atoms with E-state index in [0.29, 0.717) is 11.1 Å². The molecule has 140 valence electrons. The zero-order valence-electron chi connectivity index (χ0n) is 15.5. The van der Waals surface area contributed by atoms with Crippen molar-refractivity contribution < 1.29 is 9.21 Å². The summed E-state index contributed by atoms with van der Waals surface area (Å²) in [5.41, 5.74) is 2.72. The zero-order valence-corrected chi connectivity index (χ0v) is 16.4. The van der Waals surface area contributed by atoms with E-state index in [9.17, 15) is 4.79 Å². The van der Waals surface area contributed by atoms with Crippen LogP contribution in [0.5, 0.6) is 0 Å². The Morgan fingerprint density at radius 3 is 2.57 bits per heavy atom. The molecule has 1 heterocycles. The number of hydrogen-bond donors (Lipinski definition) is 1. The summed E-state index contributed by atoms with van der Waals surface area (Å²) in [5.74, 6) is 0.346. The molecule has 0 aliphatic carbocycles. The number of benzene rings is 3. The van der Waals surface area contributed by atoms with Gasteiger partial charge in [0.15, 0.2) is 0 Å². The van der Waals surface area contributed by atoms with E-state index >= 15 is 0 Å². The highest BCUT2D eigenvalue weighted by molar-refractivity contribution is 8.00. The molecule has 4 aromatic rings. The maximum atomic E-state index is 12.6. The van der Waals surface area contributed by atoms with Gasteiger partial charge in [-0.25, -0.2) is 0 Å². The molecule has 0 radical (unpaired) electrons. The molecule has 5 nitrogen and oxygen atoms in total. The lowest BCUT2D eigenvalue weighted by Gasteiger charge is -2.10. The highest BCUT2D eigenvalue weighted by Gasteiger charge is 2.19. The summed E-state index contributed by atoms with van der Waals surface area (Å²) in [6, 6.07) is 21.7. The molecule has 0 saturated carbocycles. The fourth-order valence-corrected chi connectivity index (χ4v) is 3.58. The van der Waals surface area contributed by atoms with Crippen molar-refractivity contribution in [3.05, 3.63) is 72.3 Å². The second-order valence-electron chi connectivity index (χ2n) is 6.50. The number of thioether (sulfide) groups is 1. The Morgan fingerprint density at radius 1 is 1.00 bits per heavy atom. The Balaban J connectivity index is 1.43. The second kappa shape index (κ2) is 7.86. The molecule has 1 amide bonds. The standard InChI is InChI=1S/C22H19N3O2S/c1-14-7-3-6-10-19(14)21-24-25-22(27-21)28-15(2)20(26)23-18-12-11-16-8-4-5-9-17(16)13-18/h3-13,15H,1-2H3,(H,23,26). The number of nitrogens with zero attached hydrogens (tertiary/aromatic N) is 2. The van der Waals surface area contributed by atoms with Crippen LogP contribution in [0.15, 0.2) is 76.4 Å². The minimum absolute atomic E-state index is 0.115. The predicted octanol–water partition coefficient (Wildman–Crippen LogP) is 5.32. The topological polar surface area (TPSA) is 68.0 Å². The van der Waals surface area contributed by atoms with E-state index in [1.807, 2.05) is 80.6 Å². The lowest BCUT2D eigenvalue weighted by Crippen LogP contribution is -2.22. The maximum absolute atomic E-state index is 12.6. The van der Waals surface area contributed by atoms with Gasteiger partial charge >= 0.3 is 0 Å². The molecule has 0 saturated heterocycles. The van der Waals surface area contributed by atoms with Crippen molar-refractivity contribution in [1.29, 1.82) is 0 Å². The molecule has 3 aromatic carbocycles. The fraction of sp³-hybridized carbons (Fsp3) is 0.136. The third kappa shape index (κ3) is 3.92. The quantitative estimate of drug-likeness (QED) is 0.468. The molecule has 4 rings (SSSR count). The summed E-state index contributed by atoms with van der Waals surface area (Å²) in [5, 5.41) is 13.3. The van der Waals surface area contributed by atoms with Crippen LogP contribution >= 0.6 is 11.8 Å². The van der Waals surface area contributed by atoms with E-state index in [0.717, 1.165) is 27.6 Å². The van der Waals surface area contributed by atoms with Crippen LogP contribution in [0.3, 0.4) is 0 Å².